The van der Waals surface area contributed by atoms with Crippen LogP contribution in [0.3, 0.4) is 0 Å². The van der Waals surface area contributed by atoms with Gasteiger partial charge in [0, 0.05) is 32.2 Å². The zero-order valence-corrected chi connectivity index (χ0v) is 15.7. The molecule has 3 nitrogen and oxygen atoms in total. The molecule has 1 unspecified atom stereocenters. The summed E-state index contributed by atoms with van der Waals surface area (Å²) < 4.78 is 27.1. The lowest BCUT2D eigenvalue weighted by Gasteiger charge is -2.34. The summed E-state index contributed by atoms with van der Waals surface area (Å²) in [4.78, 5) is 16.5. The Hall–Kier alpha value is -2.27. The van der Waals surface area contributed by atoms with E-state index in [1.165, 1.54) is 18.2 Å². The Bertz CT molecular complexity index is 780. The van der Waals surface area contributed by atoms with Crippen molar-refractivity contribution in [3.05, 3.63) is 71.3 Å². The quantitative estimate of drug-likeness (QED) is 0.765. The Labute approximate surface area is 159 Å². The van der Waals surface area contributed by atoms with Crippen molar-refractivity contribution in [2.75, 3.05) is 33.2 Å². The van der Waals surface area contributed by atoms with Gasteiger partial charge in [0.25, 0.3) is 5.91 Å². The van der Waals surface area contributed by atoms with Gasteiger partial charge in [-0.15, -0.1) is 0 Å². The Kier molecular flexibility index (Phi) is 6.56. The van der Waals surface area contributed by atoms with Crippen LogP contribution in [0.5, 0.6) is 0 Å². The van der Waals surface area contributed by atoms with Gasteiger partial charge in [0.15, 0.2) is 0 Å². The summed E-state index contributed by atoms with van der Waals surface area (Å²) in [6, 6.07) is 12.7. The molecule has 0 aliphatic carbocycles. The highest BCUT2D eigenvalue weighted by molar-refractivity contribution is 5.94. The Balaban J connectivity index is 1.52. The maximum absolute atomic E-state index is 13.8. The third-order valence-corrected chi connectivity index (χ3v) is 5.21. The minimum atomic E-state index is -0.397. The molecule has 0 spiro atoms. The lowest BCUT2D eigenvalue weighted by atomic mass is 9.96. The van der Waals surface area contributed by atoms with Gasteiger partial charge in [-0.3, -0.25) is 4.79 Å². The molecule has 0 bridgehead atoms. The fourth-order valence-electron chi connectivity index (χ4n) is 3.80. The molecule has 0 N–H and O–H groups in total. The normalized spacial score (nSPS) is 17.7. The van der Waals surface area contributed by atoms with Gasteiger partial charge in [-0.25, -0.2) is 8.78 Å². The minimum Gasteiger partial charge on any atom is -0.341 e. The first kappa shape index (κ1) is 19.5. The third kappa shape index (κ3) is 5.36. The summed E-state index contributed by atoms with van der Waals surface area (Å²) in [5, 5.41) is 0. The van der Waals surface area contributed by atoms with Gasteiger partial charge in [0.1, 0.15) is 11.6 Å². The van der Waals surface area contributed by atoms with E-state index >= 15 is 0 Å². The van der Waals surface area contributed by atoms with Gasteiger partial charge in [-0.05, 0) is 61.6 Å². The molecular weight excluding hydrogens is 346 g/mol. The van der Waals surface area contributed by atoms with Gasteiger partial charge in [-0.1, -0.05) is 24.3 Å². The Morgan fingerprint density at radius 2 is 2.00 bits per heavy atom. The smallest absolute Gasteiger partial charge is 0.253 e. The Morgan fingerprint density at radius 3 is 2.78 bits per heavy atom. The van der Waals surface area contributed by atoms with E-state index in [4.69, 9.17) is 0 Å². The van der Waals surface area contributed by atoms with E-state index in [2.05, 4.69) is 4.90 Å². The first-order valence-corrected chi connectivity index (χ1v) is 9.49. The largest absolute Gasteiger partial charge is 0.341 e. The number of halogens is 2. The van der Waals surface area contributed by atoms with E-state index in [1.807, 2.05) is 12.1 Å². The van der Waals surface area contributed by atoms with Crippen LogP contribution in [0.15, 0.2) is 48.5 Å². The van der Waals surface area contributed by atoms with E-state index in [0.717, 1.165) is 38.0 Å². The SMILES string of the molecule is CN(CC1CCCN(CCc2ccccc2F)C1)C(=O)c1cccc(F)c1. The number of carbonyl (C=O) groups excluding carboxylic acids is 1. The lowest BCUT2D eigenvalue weighted by Crippen LogP contribution is -2.42. The van der Waals surface area contributed by atoms with Crippen LogP contribution in [-0.2, 0) is 6.42 Å². The molecule has 3 rings (SSSR count). The molecule has 1 aliphatic rings. The van der Waals surface area contributed by atoms with Crippen LogP contribution in [0.2, 0.25) is 0 Å². The van der Waals surface area contributed by atoms with Crippen LogP contribution in [0.1, 0.15) is 28.8 Å². The molecule has 0 aromatic heterocycles. The predicted molar refractivity (Wildman–Crippen MR) is 103 cm³/mol. The molecule has 27 heavy (non-hydrogen) atoms. The maximum atomic E-state index is 13.8. The molecule has 1 heterocycles. The standard InChI is InChI=1S/C22H26F2N2O/c1-25(22(27)19-8-4-9-20(23)14-19)15-17-6-5-12-26(16-17)13-11-18-7-2-3-10-21(18)24/h2-4,7-10,14,17H,5-6,11-13,15-16H2,1H3. The number of rotatable bonds is 6. The highest BCUT2D eigenvalue weighted by atomic mass is 19.1. The highest BCUT2D eigenvalue weighted by Crippen LogP contribution is 2.19. The van der Waals surface area contributed by atoms with Crippen LogP contribution < -0.4 is 0 Å². The first-order valence-electron chi connectivity index (χ1n) is 9.49. The summed E-state index contributed by atoms with van der Waals surface area (Å²) in [6.07, 6.45) is 2.83. The molecule has 1 saturated heterocycles. The van der Waals surface area contributed by atoms with E-state index in [-0.39, 0.29) is 11.7 Å². The summed E-state index contributed by atoms with van der Waals surface area (Å²) in [5.41, 5.74) is 1.13. The number of amides is 1. The molecule has 0 radical (unpaired) electrons. The van der Waals surface area contributed by atoms with Crippen molar-refractivity contribution < 1.29 is 13.6 Å². The van der Waals surface area contributed by atoms with Gasteiger partial charge in [0.2, 0.25) is 0 Å². The van der Waals surface area contributed by atoms with E-state index < -0.39 is 5.82 Å². The molecule has 1 amide bonds. The van der Waals surface area contributed by atoms with Crippen LogP contribution in [0.25, 0.3) is 0 Å². The Morgan fingerprint density at radius 1 is 1.19 bits per heavy atom. The number of piperidine rings is 1. The zero-order chi connectivity index (χ0) is 19.2. The molecule has 1 atom stereocenters. The van der Waals surface area contributed by atoms with Crippen LogP contribution >= 0.6 is 0 Å². The second-order valence-electron chi connectivity index (χ2n) is 7.35. The van der Waals surface area contributed by atoms with Gasteiger partial charge in [-0.2, -0.15) is 0 Å². The topological polar surface area (TPSA) is 23.6 Å². The van der Waals surface area contributed by atoms with E-state index in [0.29, 0.717) is 24.4 Å². The van der Waals surface area contributed by atoms with Crippen molar-refractivity contribution in [2.45, 2.75) is 19.3 Å². The third-order valence-electron chi connectivity index (χ3n) is 5.21. The second kappa shape index (κ2) is 9.09. The number of carbonyl (C=O) groups is 1. The average molecular weight is 372 g/mol. The molecule has 144 valence electrons. The summed E-state index contributed by atoms with van der Waals surface area (Å²) in [5.74, 6) is -0.322. The highest BCUT2D eigenvalue weighted by Gasteiger charge is 2.23. The monoisotopic (exact) mass is 372 g/mol. The summed E-state index contributed by atoms with van der Waals surface area (Å²) in [6.45, 7) is 3.37. The van der Waals surface area contributed by atoms with Crippen LogP contribution in [-0.4, -0.2) is 48.9 Å². The van der Waals surface area contributed by atoms with Crippen molar-refractivity contribution in [3.8, 4) is 0 Å². The van der Waals surface area contributed by atoms with Crippen molar-refractivity contribution in [2.24, 2.45) is 5.92 Å². The van der Waals surface area contributed by atoms with Crippen LogP contribution in [0, 0.1) is 17.6 Å². The number of hydrogen-bond donors (Lipinski definition) is 0. The molecule has 2 aromatic rings. The van der Waals surface area contributed by atoms with Crippen LogP contribution in [0.4, 0.5) is 8.78 Å². The predicted octanol–water partition coefficient (Wildman–Crippen LogP) is 3.99. The lowest BCUT2D eigenvalue weighted by molar-refractivity contribution is 0.0730. The first-order chi connectivity index (χ1) is 13.0. The van der Waals surface area contributed by atoms with Crippen molar-refractivity contribution in [1.29, 1.82) is 0 Å². The zero-order valence-electron chi connectivity index (χ0n) is 15.7. The second-order valence-corrected chi connectivity index (χ2v) is 7.35. The summed E-state index contributed by atoms with van der Waals surface area (Å²) in [7, 11) is 1.77. The number of likely N-dealkylation sites (tertiary alicyclic amines) is 1. The molecule has 5 heteroatoms. The summed E-state index contributed by atoms with van der Waals surface area (Å²) >= 11 is 0. The number of nitrogens with zero attached hydrogens (tertiary/aromatic N) is 2. The van der Waals surface area contributed by atoms with Gasteiger partial charge < -0.3 is 9.80 Å². The molecule has 0 saturated carbocycles. The number of benzene rings is 2. The molecular formula is C22H26F2N2O. The van der Waals surface area contributed by atoms with Crippen molar-refractivity contribution in [3.63, 3.8) is 0 Å². The van der Waals surface area contributed by atoms with Gasteiger partial charge in [0.05, 0.1) is 0 Å². The fraction of sp³-hybridized carbons (Fsp3) is 0.409. The van der Waals surface area contributed by atoms with Crippen molar-refractivity contribution >= 4 is 5.91 Å². The molecule has 1 fully saturated rings. The van der Waals surface area contributed by atoms with E-state index in [1.54, 1.807) is 30.1 Å². The van der Waals surface area contributed by atoms with E-state index in [9.17, 15) is 13.6 Å². The van der Waals surface area contributed by atoms with Gasteiger partial charge >= 0.3 is 0 Å². The fourth-order valence-corrected chi connectivity index (χ4v) is 3.80. The van der Waals surface area contributed by atoms with Crippen molar-refractivity contribution in [1.82, 2.24) is 9.80 Å². The molecule has 1 aliphatic heterocycles. The molecule has 2 aromatic carbocycles. The average Bonchev–Trinajstić information content (AvgIpc) is 2.67. The maximum Gasteiger partial charge on any atom is 0.253 e. The number of hydrogen-bond acceptors (Lipinski definition) is 2. The minimum absolute atomic E-state index is 0.147.